The van der Waals surface area contributed by atoms with Gasteiger partial charge in [-0.05, 0) is 45.7 Å². The van der Waals surface area contributed by atoms with Gasteiger partial charge in [-0.25, -0.2) is 13.6 Å². The van der Waals surface area contributed by atoms with Crippen LogP contribution in [-0.4, -0.2) is 76.4 Å². The van der Waals surface area contributed by atoms with Crippen molar-refractivity contribution < 1.29 is 37.8 Å². The largest absolute Gasteiger partial charge is 0.481 e. The molecule has 2 N–H and O–H groups in total. The van der Waals surface area contributed by atoms with Gasteiger partial charge in [0.15, 0.2) is 0 Å². The summed E-state index contributed by atoms with van der Waals surface area (Å²) in [4.78, 5) is 51.7. The summed E-state index contributed by atoms with van der Waals surface area (Å²) in [5.74, 6) is -3.25. The molecule has 2 aliphatic rings. The first-order chi connectivity index (χ1) is 21.0. The molecule has 3 amide bonds. The zero-order valence-corrected chi connectivity index (χ0v) is 27.1. The molecule has 2 aromatic carbocycles. The molecule has 6 atom stereocenters. The third kappa shape index (κ3) is 7.45. The number of likely N-dealkylation sites (tertiary alicyclic amines) is 2. The highest BCUT2D eigenvalue weighted by Gasteiger charge is 2.56. The van der Waals surface area contributed by atoms with Crippen LogP contribution in [-0.2, 0) is 19.1 Å². The molecule has 0 radical (unpaired) electrons. The maximum atomic E-state index is 14.0. The average molecular weight is 630 g/mol. The third-order valence-corrected chi connectivity index (χ3v) is 9.02. The van der Waals surface area contributed by atoms with E-state index in [1.165, 1.54) is 11.8 Å². The number of hydrogen-bond donors (Lipinski definition) is 2. The summed E-state index contributed by atoms with van der Waals surface area (Å²) in [5, 5.41) is 11.9. The van der Waals surface area contributed by atoms with Crippen LogP contribution in [0, 0.1) is 17.3 Å². The van der Waals surface area contributed by atoms with Gasteiger partial charge in [-0.1, -0.05) is 74.5 Å². The molecule has 246 valence electrons. The second kappa shape index (κ2) is 14.0. The topological polar surface area (TPSA) is 116 Å². The Hall–Kier alpha value is -4.02. The Kier molecular flexibility index (Phi) is 11.0. The molecule has 2 saturated heterocycles. The molecular weight excluding hydrogens is 584 g/mol. The highest BCUT2D eigenvalue weighted by Crippen LogP contribution is 2.41. The van der Waals surface area contributed by atoms with Crippen molar-refractivity contribution in [2.75, 3.05) is 26.4 Å². The second-order valence-corrected chi connectivity index (χ2v) is 13.1. The van der Waals surface area contributed by atoms with Crippen molar-refractivity contribution in [2.24, 2.45) is 17.3 Å². The van der Waals surface area contributed by atoms with Gasteiger partial charge in [0.2, 0.25) is 11.8 Å². The van der Waals surface area contributed by atoms with E-state index in [9.17, 15) is 33.1 Å². The van der Waals surface area contributed by atoms with Crippen molar-refractivity contribution in [3.05, 3.63) is 71.8 Å². The Balaban J connectivity index is 0.000000251. The quantitative estimate of drug-likeness (QED) is 0.386. The second-order valence-electron chi connectivity index (χ2n) is 13.1. The summed E-state index contributed by atoms with van der Waals surface area (Å²) in [6.45, 7) is 10.2. The Labute approximate surface area is 263 Å². The first kappa shape index (κ1) is 35.5. The molecule has 2 heterocycles. The number of benzene rings is 2. The van der Waals surface area contributed by atoms with Crippen LogP contribution in [0.4, 0.5) is 13.6 Å². The van der Waals surface area contributed by atoms with E-state index in [2.05, 4.69) is 5.32 Å². The molecule has 0 bridgehead atoms. The maximum Gasteiger partial charge on any atom is 0.408 e. The van der Waals surface area contributed by atoms with Gasteiger partial charge in [-0.3, -0.25) is 14.4 Å². The van der Waals surface area contributed by atoms with Crippen molar-refractivity contribution in [1.29, 1.82) is 0 Å². The average Bonchev–Trinajstić information content (AvgIpc) is 3.42. The van der Waals surface area contributed by atoms with Gasteiger partial charge in [-0.2, -0.15) is 0 Å². The van der Waals surface area contributed by atoms with E-state index in [0.717, 1.165) is 11.1 Å². The summed E-state index contributed by atoms with van der Waals surface area (Å²) in [5.41, 5.74) is -1.71. The number of alkyl halides is 2. The fourth-order valence-electron chi connectivity index (χ4n) is 5.80. The monoisotopic (exact) mass is 629 g/mol. The third-order valence-electron chi connectivity index (χ3n) is 9.02. The lowest BCUT2D eigenvalue weighted by Crippen LogP contribution is -2.56. The number of nitrogens with one attached hydrogen (secondary N) is 1. The van der Waals surface area contributed by atoms with E-state index in [0.29, 0.717) is 0 Å². The Morgan fingerprint density at radius 2 is 1.31 bits per heavy atom. The molecule has 2 unspecified atom stereocenters. The highest BCUT2D eigenvalue weighted by atomic mass is 19.1. The molecular formula is C34H45F2N3O6. The number of alkyl carbamates (subject to hydrolysis) is 1. The van der Waals surface area contributed by atoms with Gasteiger partial charge < -0.3 is 25.0 Å². The van der Waals surface area contributed by atoms with Gasteiger partial charge in [0.05, 0.1) is 23.9 Å². The number of aliphatic carboxylic acids is 1. The lowest BCUT2D eigenvalue weighted by molar-refractivity contribution is -0.152. The minimum atomic E-state index is -1.62. The molecule has 0 spiro atoms. The van der Waals surface area contributed by atoms with E-state index >= 15 is 0 Å². The predicted octanol–water partition coefficient (Wildman–Crippen LogP) is 5.73. The fraction of sp³-hybridized carbons (Fsp3) is 0.529. The van der Waals surface area contributed by atoms with Gasteiger partial charge in [-0.15, -0.1) is 0 Å². The van der Waals surface area contributed by atoms with Crippen molar-refractivity contribution >= 4 is 23.9 Å². The van der Waals surface area contributed by atoms with Gasteiger partial charge in [0.1, 0.15) is 29.9 Å². The number of ether oxygens (including phenoxy) is 1. The lowest BCUT2D eigenvalue weighted by atomic mass is 9.80. The van der Waals surface area contributed by atoms with E-state index in [-0.39, 0.29) is 37.0 Å². The first-order valence-corrected chi connectivity index (χ1v) is 15.1. The first-order valence-electron chi connectivity index (χ1n) is 15.1. The number of carboxylic acids is 1. The standard InChI is InChI=1S/C19H27FN2O3.C15H18FNO3/c1-13-16(23)22(14(2)15-9-7-6-8-10-15)12-19(13,11-20)21-17(24)25-18(3,4)5;1-10-13(18)17(9-15(10,8-16)14(19)20)11(2)12-6-4-3-5-7-12/h6-10,13-14H,11-12H2,1-5H3,(H,21,24);3-7,10-11H,8-9H2,1-2H3,(H,19,20)/t13?,14-,19-;10?,11-,15-/m11/s1. The van der Waals surface area contributed by atoms with Crippen LogP contribution in [0.25, 0.3) is 0 Å². The fourth-order valence-corrected chi connectivity index (χ4v) is 5.80. The van der Waals surface area contributed by atoms with Crippen LogP contribution in [0.5, 0.6) is 0 Å². The molecule has 9 nitrogen and oxygen atoms in total. The molecule has 2 aromatic rings. The highest BCUT2D eigenvalue weighted by molar-refractivity contribution is 5.91. The zero-order valence-electron chi connectivity index (χ0n) is 27.1. The lowest BCUT2D eigenvalue weighted by Gasteiger charge is -2.32. The summed E-state index contributed by atoms with van der Waals surface area (Å²) < 4.78 is 32.5. The predicted molar refractivity (Wildman–Crippen MR) is 166 cm³/mol. The van der Waals surface area contributed by atoms with Crippen molar-refractivity contribution in [1.82, 2.24) is 15.1 Å². The minimum Gasteiger partial charge on any atom is -0.481 e. The molecule has 2 aliphatic heterocycles. The number of carbonyl (C=O) groups is 4. The van der Waals surface area contributed by atoms with Crippen LogP contribution < -0.4 is 5.32 Å². The van der Waals surface area contributed by atoms with E-state index < -0.39 is 53.8 Å². The van der Waals surface area contributed by atoms with Crippen LogP contribution >= 0.6 is 0 Å². The SMILES string of the molecule is CC1C(=O)N([C@H](C)c2ccccc2)C[C@@]1(CF)C(=O)O.CC1C(=O)N([C@H](C)c2ccccc2)C[C@@]1(CF)NC(=O)OC(C)(C)C. The van der Waals surface area contributed by atoms with E-state index in [1.807, 2.05) is 74.5 Å². The number of carboxylic acid groups (broad SMARTS) is 1. The molecule has 4 rings (SSSR count). The number of amides is 3. The van der Waals surface area contributed by atoms with Crippen molar-refractivity contribution in [3.8, 4) is 0 Å². The van der Waals surface area contributed by atoms with Gasteiger partial charge >= 0.3 is 12.1 Å². The maximum absolute atomic E-state index is 14.0. The van der Waals surface area contributed by atoms with Gasteiger partial charge in [0, 0.05) is 13.1 Å². The smallest absolute Gasteiger partial charge is 0.408 e. The molecule has 0 saturated carbocycles. The Morgan fingerprint density at radius 3 is 1.69 bits per heavy atom. The molecule has 0 aromatic heterocycles. The van der Waals surface area contributed by atoms with Crippen molar-refractivity contribution in [2.45, 2.75) is 71.7 Å². The number of nitrogens with zero attached hydrogens (tertiary/aromatic N) is 2. The summed E-state index contributed by atoms with van der Waals surface area (Å²) in [7, 11) is 0. The summed E-state index contributed by atoms with van der Waals surface area (Å²) in [6.07, 6.45) is -0.709. The molecule has 0 aliphatic carbocycles. The summed E-state index contributed by atoms with van der Waals surface area (Å²) >= 11 is 0. The normalized spacial score (nSPS) is 26.2. The molecule has 45 heavy (non-hydrogen) atoms. The van der Waals surface area contributed by atoms with E-state index in [1.54, 1.807) is 32.6 Å². The minimum absolute atomic E-state index is 0.0884. The van der Waals surface area contributed by atoms with Gasteiger partial charge in [0.25, 0.3) is 0 Å². The number of hydrogen-bond acceptors (Lipinski definition) is 5. The zero-order chi connectivity index (χ0) is 33.7. The van der Waals surface area contributed by atoms with Crippen LogP contribution in [0.3, 0.4) is 0 Å². The molecule has 2 fully saturated rings. The number of halogens is 2. The van der Waals surface area contributed by atoms with Crippen LogP contribution in [0.15, 0.2) is 60.7 Å². The molecule has 11 heteroatoms. The summed E-state index contributed by atoms with van der Waals surface area (Å²) in [6, 6.07) is 18.4. The van der Waals surface area contributed by atoms with E-state index in [4.69, 9.17) is 4.74 Å². The number of carbonyl (C=O) groups excluding carboxylic acids is 3. The van der Waals surface area contributed by atoms with Crippen LogP contribution in [0.2, 0.25) is 0 Å². The number of rotatable bonds is 8. The van der Waals surface area contributed by atoms with Crippen molar-refractivity contribution in [3.63, 3.8) is 0 Å². The Bertz CT molecular complexity index is 1350. The Morgan fingerprint density at radius 1 is 0.867 bits per heavy atom. The van der Waals surface area contributed by atoms with Crippen LogP contribution in [0.1, 0.15) is 71.7 Å².